The quantitative estimate of drug-likeness (QED) is 0.523. The van der Waals surface area contributed by atoms with Crippen molar-refractivity contribution in [3.63, 3.8) is 0 Å². The average Bonchev–Trinajstić information content (AvgIpc) is 3.27. The van der Waals surface area contributed by atoms with Crippen LogP contribution in [0, 0.1) is 13.8 Å². The maximum atomic E-state index is 12.2. The van der Waals surface area contributed by atoms with Crippen molar-refractivity contribution in [3.05, 3.63) is 65.6 Å². The highest BCUT2D eigenvalue weighted by Gasteiger charge is 2.17. The van der Waals surface area contributed by atoms with Crippen LogP contribution < -0.4 is 0 Å². The van der Waals surface area contributed by atoms with Gasteiger partial charge in [0.2, 0.25) is 5.89 Å². The largest absolute Gasteiger partial charge is 0.453 e. The molecule has 0 aliphatic carbocycles. The number of rotatable bonds is 4. The first-order chi connectivity index (χ1) is 12.6. The molecule has 1 aromatic carbocycles. The van der Waals surface area contributed by atoms with Gasteiger partial charge in [-0.05, 0) is 32.0 Å². The maximum absolute atomic E-state index is 12.2. The molecule has 0 spiro atoms. The topological polar surface area (TPSA) is 95.4 Å². The number of oxazole rings is 1. The average molecular weight is 349 g/mol. The van der Waals surface area contributed by atoms with Gasteiger partial charge in [0.05, 0.1) is 0 Å². The number of ether oxygens (including phenoxy) is 1. The molecule has 0 unspecified atom stereocenters. The molecule has 130 valence electrons. The minimum atomic E-state index is -0.642. The maximum Gasteiger partial charge on any atom is 0.378 e. The van der Waals surface area contributed by atoms with Crippen molar-refractivity contribution in [2.24, 2.45) is 0 Å². The summed E-state index contributed by atoms with van der Waals surface area (Å²) >= 11 is 0. The summed E-state index contributed by atoms with van der Waals surface area (Å²) in [6.07, 6.45) is 1.46. The molecule has 0 fully saturated rings. The van der Waals surface area contributed by atoms with Gasteiger partial charge < -0.3 is 9.15 Å². The Morgan fingerprint density at radius 1 is 1.15 bits per heavy atom. The van der Waals surface area contributed by atoms with Crippen LogP contribution in [0.1, 0.15) is 27.7 Å². The zero-order valence-corrected chi connectivity index (χ0v) is 14.2. The van der Waals surface area contributed by atoms with Crippen molar-refractivity contribution >= 4 is 11.7 Å². The number of aromatic nitrogens is 5. The highest BCUT2D eigenvalue weighted by atomic mass is 16.5. The van der Waals surface area contributed by atoms with E-state index in [0.29, 0.717) is 17.4 Å². The van der Waals surface area contributed by atoms with Crippen molar-refractivity contribution < 1.29 is 13.9 Å². The summed E-state index contributed by atoms with van der Waals surface area (Å²) in [5, 5.41) is 4.14. The van der Waals surface area contributed by atoms with Crippen LogP contribution >= 0.6 is 0 Å². The molecule has 3 heterocycles. The normalized spacial score (nSPS) is 11.0. The van der Waals surface area contributed by atoms with Gasteiger partial charge in [-0.2, -0.15) is 4.98 Å². The van der Waals surface area contributed by atoms with Gasteiger partial charge in [-0.3, -0.25) is 0 Å². The van der Waals surface area contributed by atoms with Crippen molar-refractivity contribution in [3.8, 4) is 11.5 Å². The molecule has 4 aromatic rings. The van der Waals surface area contributed by atoms with Crippen LogP contribution in [-0.4, -0.2) is 30.5 Å². The number of nitrogens with zero attached hydrogens (tertiary/aromatic N) is 5. The van der Waals surface area contributed by atoms with E-state index in [0.717, 1.165) is 17.0 Å². The molecule has 0 saturated carbocycles. The minimum absolute atomic E-state index is 0.0316. The number of aryl methyl sites for hydroxylation is 2. The first-order valence-corrected chi connectivity index (χ1v) is 7.98. The van der Waals surface area contributed by atoms with Crippen LogP contribution in [0.3, 0.4) is 0 Å². The number of hydrogen-bond acceptors (Lipinski definition) is 7. The fraction of sp³-hybridized carbons (Fsp3) is 0.167. The van der Waals surface area contributed by atoms with Gasteiger partial charge in [0, 0.05) is 17.0 Å². The number of hydrogen-bond donors (Lipinski definition) is 0. The molecule has 0 saturated heterocycles. The molecule has 4 rings (SSSR count). The molecular formula is C18H15N5O3. The first-order valence-electron chi connectivity index (χ1n) is 7.98. The van der Waals surface area contributed by atoms with Crippen LogP contribution in [0.2, 0.25) is 0 Å². The van der Waals surface area contributed by atoms with Gasteiger partial charge in [0.1, 0.15) is 18.6 Å². The third-order valence-corrected chi connectivity index (χ3v) is 3.72. The van der Waals surface area contributed by atoms with Crippen molar-refractivity contribution in [1.29, 1.82) is 0 Å². The molecule has 0 atom stereocenters. The van der Waals surface area contributed by atoms with Crippen LogP contribution in [0.25, 0.3) is 17.2 Å². The van der Waals surface area contributed by atoms with Crippen LogP contribution in [0.15, 0.2) is 47.1 Å². The van der Waals surface area contributed by atoms with E-state index in [1.54, 1.807) is 0 Å². The lowest BCUT2D eigenvalue weighted by atomic mass is 10.2. The summed E-state index contributed by atoms with van der Waals surface area (Å²) in [5.74, 6) is 0.148. The summed E-state index contributed by atoms with van der Waals surface area (Å²) in [6.45, 7) is 3.69. The van der Waals surface area contributed by atoms with Crippen LogP contribution in [0.4, 0.5) is 0 Å². The molecule has 26 heavy (non-hydrogen) atoms. The lowest BCUT2D eigenvalue weighted by Crippen LogP contribution is -2.08. The van der Waals surface area contributed by atoms with E-state index in [4.69, 9.17) is 9.15 Å². The Balaban J connectivity index is 1.48. The smallest absolute Gasteiger partial charge is 0.378 e. The Bertz CT molecular complexity index is 1080. The molecule has 0 amide bonds. The fourth-order valence-corrected chi connectivity index (χ4v) is 2.54. The highest BCUT2D eigenvalue weighted by molar-refractivity contribution is 5.85. The third-order valence-electron chi connectivity index (χ3n) is 3.72. The molecule has 0 radical (unpaired) electrons. The number of carbonyl (C=O) groups excluding carboxylic acids is 1. The Morgan fingerprint density at radius 3 is 2.77 bits per heavy atom. The Morgan fingerprint density at radius 2 is 1.96 bits per heavy atom. The Kier molecular flexibility index (Phi) is 3.92. The monoisotopic (exact) mass is 349 g/mol. The third kappa shape index (κ3) is 3.04. The molecular weight excluding hydrogens is 334 g/mol. The summed E-state index contributed by atoms with van der Waals surface area (Å²) < 4.78 is 12.2. The minimum Gasteiger partial charge on any atom is -0.453 e. The summed E-state index contributed by atoms with van der Waals surface area (Å²) in [5.41, 5.74) is 3.00. The number of benzene rings is 1. The molecule has 0 aliphatic heterocycles. The zero-order valence-electron chi connectivity index (χ0n) is 14.2. The fourth-order valence-electron chi connectivity index (χ4n) is 2.54. The van der Waals surface area contributed by atoms with E-state index >= 15 is 0 Å². The lowest BCUT2D eigenvalue weighted by Gasteiger charge is -1.98. The van der Waals surface area contributed by atoms with E-state index in [2.05, 4.69) is 20.1 Å². The molecule has 3 aromatic heterocycles. The van der Waals surface area contributed by atoms with Gasteiger partial charge in [-0.15, -0.1) is 5.10 Å². The van der Waals surface area contributed by atoms with Crippen molar-refractivity contribution in [2.45, 2.75) is 20.5 Å². The zero-order chi connectivity index (χ0) is 18.1. The molecule has 0 N–H and O–H groups in total. The lowest BCUT2D eigenvalue weighted by molar-refractivity contribution is 0.0453. The number of carbonyl (C=O) groups is 1. The van der Waals surface area contributed by atoms with Gasteiger partial charge in [0.25, 0.3) is 11.6 Å². The summed E-state index contributed by atoms with van der Waals surface area (Å²) in [4.78, 5) is 24.9. The van der Waals surface area contributed by atoms with Gasteiger partial charge >= 0.3 is 5.97 Å². The molecule has 8 nitrogen and oxygen atoms in total. The van der Waals surface area contributed by atoms with Gasteiger partial charge in [-0.25, -0.2) is 19.3 Å². The van der Waals surface area contributed by atoms with Crippen molar-refractivity contribution in [1.82, 2.24) is 24.6 Å². The Hall–Kier alpha value is -3.55. The Labute approximate surface area is 148 Å². The predicted octanol–water partition coefficient (Wildman–Crippen LogP) is 2.75. The predicted molar refractivity (Wildman–Crippen MR) is 91.3 cm³/mol. The molecule has 8 heteroatoms. The standard InChI is InChI=1S/C18H15N5O3/c1-11-8-12(2)23-18(19-11)21-15(22-23)17(24)26-10-14-9-25-16(20-14)13-6-4-3-5-7-13/h3-9H,10H2,1-2H3. The summed E-state index contributed by atoms with van der Waals surface area (Å²) in [6, 6.07) is 11.3. The van der Waals surface area contributed by atoms with E-state index in [9.17, 15) is 4.79 Å². The van der Waals surface area contributed by atoms with Gasteiger partial charge in [-0.1, -0.05) is 18.2 Å². The van der Waals surface area contributed by atoms with Crippen LogP contribution in [-0.2, 0) is 11.3 Å². The van der Waals surface area contributed by atoms with E-state index < -0.39 is 5.97 Å². The second-order valence-corrected chi connectivity index (χ2v) is 5.77. The second-order valence-electron chi connectivity index (χ2n) is 5.77. The second kappa shape index (κ2) is 6.40. The van der Waals surface area contributed by atoms with Gasteiger partial charge in [0.15, 0.2) is 0 Å². The number of esters is 1. The van der Waals surface area contributed by atoms with E-state index in [1.165, 1.54) is 10.8 Å². The number of fused-ring (bicyclic) bond motifs is 1. The van der Waals surface area contributed by atoms with Crippen LogP contribution in [0.5, 0.6) is 0 Å². The highest BCUT2D eigenvalue weighted by Crippen LogP contribution is 2.18. The summed E-state index contributed by atoms with van der Waals surface area (Å²) in [7, 11) is 0. The van der Waals surface area contributed by atoms with E-state index in [1.807, 2.05) is 50.2 Å². The van der Waals surface area contributed by atoms with Crippen molar-refractivity contribution in [2.75, 3.05) is 0 Å². The van der Waals surface area contributed by atoms with E-state index in [-0.39, 0.29) is 12.4 Å². The first kappa shape index (κ1) is 15.9. The SMILES string of the molecule is Cc1cc(C)n2nc(C(=O)OCc3coc(-c4ccccc4)n3)nc2n1. The molecule has 0 aliphatic rings. The molecule has 0 bridgehead atoms.